The van der Waals surface area contributed by atoms with Gasteiger partial charge >= 0.3 is 0 Å². The zero-order valence-electron chi connectivity index (χ0n) is 13.9. The first kappa shape index (κ1) is 19.0. The van der Waals surface area contributed by atoms with Gasteiger partial charge in [0.1, 0.15) is 0 Å². The second-order valence-electron chi connectivity index (χ2n) is 7.18. The van der Waals surface area contributed by atoms with Gasteiger partial charge in [-0.1, -0.05) is 49.1 Å². The van der Waals surface area contributed by atoms with Crippen molar-refractivity contribution in [3.8, 4) is 0 Å². The summed E-state index contributed by atoms with van der Waals surface area (Å²) in [5, 5.41) is 3.09. The van der Waals surface area contributed by atoms with Crippen LogP contribution in [0.5, 0.6) is 0 Å². The first-order chi connectivity index (χ1) is 9.83. The average Bonchev–Trinajstić information content (AvgIpc) is 2.44. The van der Waals surface area contributed by atoms with Crippen LogP contribution in [-0.2, 0) is 10.2 Å². The van der Waals surface area contributed by atoms with Gasteiger partial charge in [0.25, 0.3) is 0 Å². The minimum Gasteiger partial charge on any atom is -0.354 e. The number of benzene rings is 1. The van der Waals surface area contributed by atoms with Crippen LogP contribution in [0.2, 0.25) is 0 Å². The summed E-state index contributed by atoms with van der Waals surface area (Å²) in [6, 6.07) is 8.41. The summed E-state index contributed by atoms with van der Waals surface area (Å²) in [7, 11) is 0. The van der Waals surface area contributed by atoms with E-state index in [4.69, 9.17) is 5.73 Å². The Morgan fingerprint density at radius 2 is 1.91 bits per heavy atom. The molecule has 124 valence electrons. The van der Waals surface area contributed by atoms with Crippen LogP contribution >= 0.6 is 12.4 Å². The number of carbonyl (C=O) groups is 1. The van der Waals surface area contributed by atoms with E-state index in [2.05, 4.69) is 36.5 Å². The lowest BCUT2D eigenvalue weighted by molar-refractivity contribution is -0.128. The van der Waals surface area contributed by atoms with Crippen LogP contribution in [0.3, 0.4) is 0 Å². The number of hydrogen-bond donors (Lipinski definition) is 2. The summed E-state index contributed by atoms with van der Waals surface area (Å²) in [5.41, 5.74) is 7.64. The number of rotatable bonds is 4. The van der Waals surface area contributed by atoms with E-state index in [0.717, 1.165) is 31.2 Å². The standard InChI is InChI=1S/C18H28N2O.ClH/c1-14-8-7-9-15(12-14)18(10-5-4-6-11-18)16(21)20-13-17(2,3)19;/h7-9,12H,4-6,10-11,13,19H2,1-3H3,(H,20,21);1H. The maximum atomic E-state index is 12.9. The third-order valence-electron chi connectivity index (χ3n) is 4.42. The van der Waals surface area contributed by atoms with Crippen LogP contribution in [0.4, 0.5) is 0 Å². The van der Waals surface area contributed by atoms with Crippen molar-refractivity contribution in [1.82, 2.24) is 5.32 Å². The molecule has 1 amide bonds. The normalized spacial score (nSPS) is 17.5. The SMILES string of the molecule is Cc1cccc(C2(C(=O)NCC(C)(C)N)CCCCC2)c1.Cl. The molecule has 0 saturated heterocycles. The van der Waals surface area contributed by atoms with E-state index in [1.54, 1.807) is 0 Å². The molecule has 0 spiro atoms. The molecule has 0 heterocycles. The first-order valence-electron chi connectivity index (χ1n) is 7.98. The predicted octanol–water partition coefficient (Wildman–Crippen LogP) is 3.47. The number of amides is 1. The molecule has 0 bridgehead atoms. The fraction of sp³-hybridized carbons (Fsp3) is 0.611. The lowest BCUT2D eigenvalue weighted by Crippen LogP contribution is -2.52. The predicted molar refractivity (Wildman–Crippen MR) is 94.5 cm³/mol. The first-order valence-corrected chi connectivity index (χ1v) is 7.98. The number of nitrogens with one attached hydrogen (secondary N) is 1. The van der Waals surface area contributed by atoms with E-state index in [1.165, 1.54) is 12.0 Å². The molecule has 0 aliphatic heterocycles. The Labute approximate surface area is 140 Å². The number of aryl methyl sites for hydroxylation is 1. The molecule has 1 aliphatic carbocycles. The third kappa shape index (κ3) is 4.47. The highest BCUT2D eigenvalue weighted by Gasteiger charge is 2.41. The van der Waals surface area contributed by atoms with Gasteiger partial charge in [-0.15, -0.1) is 12.4 Å². The average molecular weight is 325 g/mol. The number of halogens is 1. The van der Waals surface area contributed by atoms with Gasteiger partial charge in [0.15, 0.2) is 0 Å². The van der Waals surface area contributed by atoms with Gasteiger partial charge in [-0.3, -0.25) is 4.79 Å². The molecule has 0 unspecified atom stereocenters. The van der Waals surface area contributed by atoms with E-state index in [9.17, 15) is 4.79 Å². The van der Waals surface area contributed by atoms with Crippen LogP contribution in [0, 0.1) is 6.92 Å². The molecule has 1 aromatic rings. The summed E-state index contributed by atoms with van der Waals surface area (Å²) in [5.74, 6) is 0.145. The zero-order valence-corrected chi connectivity index (χ0v) is 14.8. The van der Waals surface area contributed by atoms with Crippen LogP contribution in [-0.4, -0.2) is 18.0 Å². The van der Waals surface area contributed by atoms with Gasteiger partial charge in [-0.05, 0) is 39.2 Å². The zero-order chi connectivity index (χ0) is 15.5. The Kier molecular flexibility index (Phi) is 6.45. The molecule has 1 aliphatic rings. The number of carbonyl (C=O) groups excluding carboxylic acids is 1. The van der Waals surface area contributed by atoms with Crippen molar-refractivity contribution in [3.05, 3.63) is 35.4 Å². The summed E-state index contributed by atoms with van der Waals surface area (Å²) < 4.78 is 0. The van der Waals surface area contributed by atoms with Crippen molar-refractivity contribution in [2.75, 3.05) is 6.54 Å². The Bertz CT molecular complexity index is 502. The molecule has 2 rings (SSSR count). The maximum absolute atomic E-state index is 12.9. The van der Waals surface area contributed by atoms with Crippen molar-refractivity contribution >= 4 is 18.3 Å². The molecule has 3 N–H and O–H groups in total. The van der Waals surface area contributed by atoms with Crippen molar-refractivity contribution in [1.29, 1.82) is 0 Å². The van der Waals surface area contributed by atoms with E-state index < -0.39 is 0 Å². The van der Waals surface area contributed by atoms with Crippen LogP contribution in [0.1, 0.15) is 57.1 Å². The van der Waals surface area contributed by atoms with Gasteiger partial charge in [0, 0.05) is 12.1 Å². The monoisotopic (exact) mass is 324 g/mol. The summed E-state index contributed by atoms with van der Waals surface area (Å²) in [6.45, 7) is 6.47. The molecule has 22 heavy (non-hydrogen) atoms. The van der Waals surface area contributed by atoms with E-state index >= 15 is 0 Å². The lowest BCUT2D eigenvalue weighted by atomic mass is 9.68. The van der Waals surface area contributed by atoms with Crippen molar-refractivity contribution < 1.29 is 4.79 Å². The van der Waals surface area contributed by atoms with E-state index in [1.807, 2.05) is 13.8 Å². The quantitative estimate of drug-likeness (QED) is 0.891. The van der Waals surface area contributed by atoms with Crippen molar-refractivity contribution in [3.63, 3.8) is 0 Å². The smallest absolute Gasteiger partial charge is 0.230 e. The van der Waals surface area contributed by atoms with E-state index in [-0.39, 0.29) is 29.3 Å². The highest BCUT2D eigenvalue weighted by atomic mass is 35.5. The van der Waals surface area contributed by atoms with Crippen molar-refractivity contribution in [2.45, 2.75) is 63.8 Å². The number of hydrogen-bond acceptors (Lipinski definition) is 2. The molecule has 3 nitrogen and oxygen atoms in total. The number of nitrogens with two attached hydrogens (primary N) is 1. The van der Waals surface area contributed by atoms with Crippen LogP contribution in [0.15, 0.2) is 24.3 Å². The highest BCUT2D eigenvalue weighted by Crippen LogP contribution is 2.40. The van der Waals surface area contributed by atoms with Gasteiger partial charge in [0.05, 0.1) is 5.41 Å². The van der Waals surface area contributed by atoms with Crippen LogP contribution < -0.4 is 11.1 Å². The minimum atomic E-state index is -0.377. The van der Waals surface area contributed by atoms with Crippen LogP contribution in [0.25, 0.3) is 0 Å². The third-order valence-corrected chi connectivity index (χ3v) is 4.42. The summed E-state index contributed by atoms with van der Waals surface area (Å²) in [4.78, 5) is 12.9. The van der Waals surface area contributed by atoms with Gasteiger partial charge in [-0.25, -0.2) is 0 Å². The molecule has 0 atom stereocenters. The molecule has 1 saturated carbocycles. The Morgan fingerprint density at radius 1 is 1.27 bits per heavy atom. The fourth-order valence-corrected chi connectivity index (χ4v) is 3.22. The molecule has 0 aromatic heterocycles. The molecule has 4 heteroatoms. The Morgan fingerprint density at radius 3 is 2.45 bits per heavy atom. The molecule has 1 aromatic carbocycles. The second kappa shape index (κ2) is 7.47. The molecule has 0 radical (unpaired) electrons. The summed E-state index contributed by atoms with van der Waals surface area (Å²) in [6.07, 6.45) is 5.34. The summed E-state index contributed by atoms with van der Waals surface area (Å²) >= 11 is 0. The molecular formula is C18H29ClN2O. The van der Waals surface area contributed by atoms with Gasteiger partial charge in [0.2, 0.25) is 5.91 Å². The van der Waals surface area contributed by atoms with Gasteiger partial charge < -0.3 is 11.1 Å². The maximum Gasteiger partial charge on any atom is 0.230 e. The van der Waals surface area contributed by atoms with Gasteiger partial charge in [-0.2, -0.15) is 0 Å². The minimum absolute atomic E-state index is 0. The lowest BCUT2D eigenvalue weighted by Gasteiger charge is -2.37. The fourth-order valence-electron chi connectivity index (χ4n) is 3.22. The second-order valence-corrected chi connectivity index (χ2v) is 7.18. The highest BCUT2D eigenvalue weighted by molar-refractivity contribution is 5.88. The molecular weight excluding hydrogens is 296 g/mol. The molecule has 1 fully saturated rings. The largest absolute Gasteiger partial charge is 0.354 e. The van der Waals surface area contributed by atoms with E-state index in [0.29, 0.717) is 6.54 Å². The topological polar surface area (TPSA) is 55.1 Å². The Hall–Kier alpha value is -1.06. The van der Waals surface area contributed by atoms with Crippen molar-refractivity contribution in [2.24, 2.45) is 5.73 Å². The Balaban J connectivity index is 0.00000242.